The van der Waals surface area contributed by atoms with E-state index < -0.39 is 0 Å². The molecule has 1 aromatic heterocycles. The Morgan fingerprint density at radius 1 is 1.12 bits per heavy atom. The van der Waals surface area contributed by atoms with E-state index in [1.54, 1.807) is 19.1 Å². The van der Waals surface area contributed by atoms with E-state index in [1.165, 1.54) is 0 Å². The van der Waals surface area contributed by atoms with Crippen molar-refractivity contribution in [2.45, 2.75) is 6.92 Å². The topological polar surface area (TPSA) is 39.2 Å². The molecule has 0 saturated heterocycles. The Bertz CT molecular complexity index is 934. The van der Waals surface area contributed by atoms with Gasteiger partial charge in [-0.1, -0.05) is 42.4 Å². The quantitative estimate of drug-likeness (QED) is 0.620. The number of aromatic nitrogens is 1. The number of hydrogen-bond acceptors (Lipinski definition) is 3. The molecule has 3 aromatic rings. The van der Waals surface area contributed by atoms with Gasteiger partial charge in [-0.3, -0.25) is 0 Å². The molecule has 3 rings (SSSR count). The lowest BCUT2D eigenvalue weighted by Gasteiger charge is -2.09. The minimum Gasteiger partial charge on any atom is -0.462 e. The lowest BCUT2D eigenvalue weighted by atomic mass is 10.0. The maximum absolute atomic E-state index is 11.9. The van der Waals surface area contributed by atoms with E-state index in [9.17, 15) is 4.79 Å². The number of fused-ring (bicyclic) bond motifs is 1. The molecule has 3 nitrogen and oxygen atoms in total. The lowest BCUT2D eigenvalue weighted by Crippen LogP contribution is -2.05. The highest BCUT2D eigenvalue weighted by Gasteiger charge is 2.10. The number of nitrogens with zero attached hydrogens (tertiary/aromatic N) is 1. The zero-order chi connectivity index (χ0) is 17.1. The van der Waals surface area contributed by atoms with Gasteiger partial charge in [-0.05, 0) is 42.8 Å². The van der Waals surface area contributed by atoms with Crippen molar-refractivity contribution in [3.05, 3.63) is 83.0 Å². The van der Waals surface area contributed by atoms with Crippen LogP contribution in [0, 0.1) is 0 Å². The van der Waals surface area contributed by atoms with E-state index in [0.717, 1.165) is 27.7 Å². The Morgan fingerprint density at radius 3 is 2.67 bits per heavy atom. The van der Waals surface area contributed by atoms with Gasteiger partial charge in [-0.2, -0.15) is 0 Å². The number of pyridine rings is 1. The average molecular weight is 338 g/mol. The van der Waals surface area contributed by atoms with Gasteiger partial charge in [0.15, 0.2) is 0 Å². The Hall–Kier alpha value is -2.65. The van der Waals surface area contributed by atoms with Crippen molar-refractivity contribution in [2.24, 2.45) is 0 Å². The molecule has 24 heavy (non-hydrogen) atoms. The van der Waals surface area contributed by atoms with Crippen LogP contribution in [0.3, 0.4) is 0 Å². The van der Waals surface area contributed by atoms with E-state index in [2.05, 4.69) is 11.6 Å². The minimum atomic E-state index is -0.342. The summed E-state index contributed by atoms with van der Waals surface area (Å²) in [5.74, 6) is -0.342. The molecule has 1 heterocycles. The van der Waals surface area contributed by atoms with Gasteiger partial charge in [0, 0.05) is 16.0 Å². The third-order valence-corrected chi connectivity index (χ3v) is 3.92. The number of carbonyl (C=O) groups excluding carboxylic acids is 1. The largest absolute Gasteiger partial charge is 0.462 e. The molecule has 0 unspecified atom stereocenters. The molecular weight excluding hydrogens is 322 g/mol. The van der Waals surface area contributed by atoms with Gasteiger partial charge in [-0.15, -0.1) is 0 Å². The smallest absolute Gasteiger partial charge is 0.338 e. The number of halogens is 1. The molecule has 0 saturated carbocycles. The van der Waals surface area contributed by atoms with Gasteiger partial charge in [-0.25, -0.2) is 9.78 Å². The first-order valence-electron chi connectivity index (χ1n) is 7.61. The van der Waals surface area contributed by atoms with Gasteiger partial charge in [0.2, 0.25) is 0 Å². The summed E-state index contributed by atoms with van der Waals surface area (Å²) in [5, 5.41) is 1.65. The zero-order valence-electron chi connectivity index (χ0n) is 13.3. The van der Waals surface area contributed by atoms with Crippen LogP contribution in [0.15, 0.2) is 61.2 Å². The van der Waals surface area contributed by atoms with E-state index in [1.807, 2.05) is 42.5 Å². The lowest BCUT2D eigenvalue weighted by molar-refractivity contribution is 0.0526. The first kappa shape index (κ1) is 16.2. The van der Waals surface area contributed by atoms with Crippen LogP contribution in [0.5, 0.6) is 0 Å². The summed E-state index contributed by atoms with van der Waals surface area (Å²) in [6, 6.07) is 16.7. The van der Waals surface area contributed by atoms with Crippen LogP contribution in [-0.4, -0.2) is 17.6 Å². The van der Waals surface area contributed by atoms with Crippen molar-refractivity contribution >= 4 is 34.0 Å². The van der Waals surface area contributed by atoms with Crippen molar-refractivity contribution in [2.75, 3.05) is 6.61 Å². The zero-order valence-corrected chi connectivity index (χ0v) is 14.0. The molecule has 0 N–H and O–H groups in total. The Balaban J connectivity index is 1.97. The van der Waals surface area contributed by atoms with Gasteiger partial charge in [0.25, 0.3) is 0 Å². The molecule has 0 fully saturated rings. The predicted molar refractivity (Wildman–Crippen MR) is 97.3 cm³/mol. The Morgan fingerprint density at radius 2 is 1.88 bits per heavy atom. The number of hydrogen-bond donors (Lipinski definition) is 0. The van der Waals surface area contributed by atoms with Crippen molar-refractivity contribution in [1.29, 1.82) is 0 Å². The van der Waals surface area contributed by atoms with Crippen molar-refractivity contribution in [1.82, 2.24) is 4.98 Å². The molecule has 0 bridgehead atoms. The number of ether oxygens (including phenoxy) is 1. The van der Waals surface area contributed by atoms with Crippen molar-refractivity contribution in [3.63, 3.8) is 0 Å². The highest BCUT2D eigenvalue weighted by atomic mass is 35.5. The maximum atomic E-state index is 11.9. The van der Waals surface area contributed by atoms with Gasteiger partial charge in [0.05, 0.1) is 23.4 Å². The highest BCUT2D eigenvalue weighted by Crippen LogP contribution is 2.25. The highest BCUT2D eigenvalue weighted by molar-refractivity contribution is 6.31. The van der Waals surface area contributed by atoms with Crippen molar-refractivity contribution in [3.8, 4) is 0 Å². The first-order valence-corrected chi connectivity index (χ1v) is 7.99. The molecule has 0 radical (unpaired) electrons. The van der Waals surface area contributed by atoms with Crippen LogP contribution in [0.4, 0.5) is 0 Å². The molecule has 0 spiro atoms. The third kappa shape index (κ3) is 3.31. The summed E-state index contributed by atoms with van der Waals surface area (Å²) in [5.41, 5.74) is 3.62. The molecular formula is C20H16ClNO2. The molecule has 2 aromatic carbocycles. The van der Waals surface area contributed by atoms with Crippen LogP contribution in [-0.2, 0) is 4.74 Å². The van der Waals surface area contributed by atoms with E-state index in [0.29, 0.717) is 17.2 Å². The second kappa shape index (κ2) is 6.85. The van der Waals surface area contributed by atoms with Gasteiger partial charge in [0.1, 0.15) is 0 Å². The van der Waals surface area contributed by atoms with E-state index in [-0.39, 0.29) is 5.97 Å². The maximum Gasteiger partial charge on any atom is 0.338 e. The number of esters is 1. The van der Waals surface area contributed by atoms with E-state index in [4.69, 9.17) is 16.3 Å². The number of carbonyl (C=O) groups is 1. The fourth-order valence-corrected chi connectivity index (χ4v) is 2.62. The molecule has 120 valence electrons. The van der Waals surface area contributed by atoms with Crippen molar-refractivity contribution < 1.29 is 9.53 Å². The summed E-state index contributed by atoms with van der Waals surface area (Å²) in [6.45, 7) is 6.25. The first-order chi connectivity index (χ1) is 11.6. The Kier molecular flexibility index (Phi) is 4.63. The van der Waals surface area contributed by atoms with Crippen LogP contribution >= 0.6 is 11.6 Å². The monoisotopic (exact) mass is 337 g/mol. The standard InChI is InChI=1S/C20H16ClNO2/c1-3-24-20(23)16-6-4-5-15(11-16)13(2)18-10-8-14-7-9-17(21)12-19(14)22-18/h4-12H,2-3H2,1H3. The van der Waals surface area contributed by atoms with Gasteiger partial charge >= 0.3 is 5.97 Å². The number of rotatable bonds is 4. The molecule has 0 aliphatic heterocycles. The average Bonchev–Trinajstić information content (AvgIpc) is 2.60. The van der Waals surface area contributed by atoms with E-state index >= 15 is 0 Å². The Labute approximate surface area is 145 Å². The summed E-state index contributed by atoms with van der Waals surface area (Å²) < 4.78 is 5.04. The summed E-state index contributed by atoms with van der Waals surface area (Å²) in [6.07, 6.45) is 0. The number of benzene rings is 2. The SMILES string of the molecule is C=C(c1cccc(C(=O)OCC)c1)c1ccc2ccc(Cl)cc2n1. The molecule has 4 heteroatoms. The second-order valence-electron chi connectivity index (χ2n) is 5.31. The van der Waals surface area contributed by atoms with Crippen LogP contribution in [0.2, 0.25) is 5.02 Å². The summed E-state index contributed by atoms with van der Waals surface area (Å²) >= 11 is 6.04. The molecule has 0 atom stereocenters. The summed E-state index contributed by atoms with van der Waals surface area (Å²) in [4.78, 5) is 16.5. The van der Waals surface area contributed by atoms with Crippen LogP contribution < -0.4 is 0 Å². The second-order valence-corrected chi connectivity index (χ2v) is 5.75. The van der Waals surface area contributed by atoms with Crippen LogP contribution in [0.25, 0.3) is 16.5 Å². The predicted octanol–water partition coefficient (Wildman–Crippen LogP) is 5.13. The molecule has 0 amide bonds. The molecule has 0 aliphatic carbocycles. The minimum absolute atomic E-state index is 0.342. The van der Waals surface area contributed by atoms with Crippen LogP contribution in [0.1, 0.15) is 28.5 Å². The molecule has 0 aliphatic rings. The normalized spacial score (nSPS) is 10.6. The third-order valence-electron chi connectivity index (χ3n) is 3.69. The fraction of sp³-hybridized carbons (Fsp3) is 0.100. The summed E-state index contributed by atoms with van der Waals surface area (Å²) in [7, 11) is 0. The fourth-order valence-electron chi connectivity index (χ4n) is 2.45. The van der Waals surface area contributed by atoms with Gasteiger partial charge < -0.3 is 4.74 Å².